The van der Waals surface area contributed by atoms with Crippen molar-refractivity contribution in [3.8, 4) is 0 Å². The van der Waals surface area contributed by atoms with Gasteiger partial charge < -0.3 is 5.32 Å². The maximum atomic E-state index is 3.58. The van der Waals surface area contributed by atoms with Crippen LogP contribution in [-0.2, 0) is 6.42 Å². The first-order chi connectivity index (χ1) is 6.90. The predicted molar refractivity (Wildman–Crippen MR) is 60.3 cm³/mol. The summed E-state index contributed by atoms with van der Waals surface area (Å²) in [6.07, 6.45) is 3.84. The van der Waals surface area contributed by atoms with Gasteiger partial charge in [0, 0.05) is 6.04 Å². The van der Waals surface area contributed by atoms with Gasteiger partial charge in [0.2, 0.25) is 0 Å². The standard InChI is InChI=1S/C13H19N/c1-2-13-12(8-9-14-13)10-11-6-4-3-5-7-11/h3-7,12-14H,2,8-10H2,1H3. The summed E-state index contributed by atoms with van der Waals surface area (Å²) < 4.78 is 0. The molecule has 0 radical (unpaired) electrons. The number of hydrogen-bond donors (Lipinski definition) is 1. The van der Waals surface area contributed by atoms with Crippen LogP contribution in [-0.4, -0.2) is 12.6 Å². The zero-order chi connectivity index (χ0) is 9.80. The highest BCUT2D eigenvalue weighted by molar-refractivity contribution is 5.16. The van der Waals surface area contributed by atoms with Crippen molar-refractivity contribution in [2.75, 3.05) is 6.54 Å². The van der Waals surface area contributed by atoms with E-state index >= 15 is 0 Å². The minimum absolute atomic E-state index is 0.746. The quantitative estimate of drug-likeness (QED) is 0.770. The average Bonchev–Trinajstić information content (AvgIpc) is 2.67. The molecule has 2 atom stereocenters. The molecule has 0 spiro atoms. The molecule has 0 aromatic heterocycles. The third kappa shape index (κ3) is 2.16. The maximum Gasteiger partial charge on any atom is 0.00963 e. The van der Waals surface area contributed by atoms with Crippen molar-refractivity contribution in [2.45, 2.75) is 32.2 Å². The van der Waals surface area contributed by atoms with Crippen molar-refractivity contribution in [2.24, 2.45) is 5.92 Å². The van der Waals surface area contributed by atoms with Gasteiger partial charge in [0.1, 0.15) is 0 Å². The van der Waals surface area contributed by atoms with Crippen LogP contribution in [0.25, 0.3) is 0 Å². The maximum absolute atomic E-state index is 3.58. The van der Waals surface area contributed by atoms with Crippen LogP contribution >= 0.6 is 0 Å². The minimum atomic E-state index is 0.746. The van der Waals surface area contributed by atoms with E-state index in [0.29, 0.717) is 0 Å². The third-order valence-corrected chi connectivity index (χ3v) is 3.27. The fourth-order valence-electron chi connectivity index (χ4n) is 2.46. The number of hydrogen-bond acceptors (Lipinski definition) is 1. The highest BCUT2D eigenvalue weighted by atomic mass is 14.9. The fourth-order valence-corrected chi connectivity index (χ4v) is 2.46. The first kappa shape index (κ1) is 9.72. The Kier molecular flexibility index (Phi) is 3.20. The Hall–Kier alpha value is -0.820. The molecule has 2 rings (SSSR count). The molecule has 1 aliphatic heterocycles. The Morgan fingerprint density at radius 1 is 1.29 bits per heavy atom. The Balaban J connectivity index is 1.97. The first-order valence-corrected chi connectivity index (χ1v) is 5.67. The lowest BCUT2D eigenvalue weighted by atomic mass is 9.91. The van der Waals surface area contributed by atoms with Gasteiger partial charge in [0.05, 0.1) is 0 Å². The zero-order valence-corrected chi connectivity index (χ0v) is 8.87. The van der Waals surface area contributed by atoms with Gasteiger partial charge in [0.15, 0.2) is 0 Å². The van der Waals surface area contributed by atoms with Crippen molar-refractivity contribution in [1.82, 2.24) is 5.32 Å². The van der Waals surface area contributed by atoms with Gasteiger partial charge in [-0.05, 0) is 37.3 Å². The summed E-state index contributed by atoms with van der Waals surface area (Å²) in [5.74, 6) is 0.849. The van der Waals surface area contributed by atoms with E-state index in [0.717, 1.165) is 12.0 Å². The second kappa shape index (κ2) is 4.61. The molecule has 2 unspecified atom stereocenters. The summed E-state index contributed by atoms with van der Waals surface area (Å²) in [4.78, 5) is 0. The van der Waals surface area contributed by atoms with Crippen molar-refractivity contribution in [3.05, 3.63) is 35.9 Å². The molecule has 76 valence electrons. The fraction of sp³-hybridized carbons (Fsp3) is 0.538. The molecule has 0 aliphatic carbocycles. The van der Waals surface area contributed by atoms with Gasteiger partial charge in [0.25, 0.3) is 0 Å². The smallest absolute Gasteiger partial charge is 0.00963 e. The van der Waals surface area contributed by atoms with E-state index in [1.807, 2.05) is 0 Å². The van der Waals surface area contributed by atoms with Crippen LogP contribution < -0.4 is 5.32 Å². The summed E-state index contributed by atoms with van der Waals surface area (Å²) in [5, 5.41) is 3.58. The van der Waals surface area contributed by atoms with Gasteiger partial charge in [-0.3, -0.25) is 0 Å². The summed E-state index contributed by atoms with van der Waals surface area (Å²) in [6, 6.07) is 11.6. The van der Waals surface area contributed by atoms with E-state index in [2.05, 4.69) is 42.6 Å². The molecule has 1 aliphatic rings. The number of rotatable bonds is 3. The monoisotopic (exact) mass is 189 g/mol. The van der Waals surface area contributed by atoms with Crippen LogP contribution in [0.15, 0.2) is 30.3 Å². The topological polar surface area (TPSA) is 12.0 Å². The lowest BCUT2D eigenvalue weighted by Crippen LogP contribution is -2.26. The Morgan fingerprint density at radius 2 is 2.07 bits per heavy atom. The van der Waals surface area contributed by atoms with Gasteiger partial charge in [-0.25, -0.2) is 0 Å². The molecular weight excluding hydrogens is 170 g/mol. The van der Waals surface area contributed by atoms with Crippen LogP contribution in [0, 0.1) is 5.92 Å². The van der Waals surface area contributed by atoms with Crippen LogP contribution in [0.4, 0.5) is 0 Å². The molecule has 1 aromatic rings. The first-order valence-electron chi connectivity index (χ1n) is 5.67. The zero-order valence-electron chi connectivity index (χ0n) is 8.87. The number of benzene rings is 1. The van der Waals surface area contributed by atoms with E-state index in [9.17, 15) is 0 Å². The van der Waals surface area contributed by atoms with E-state index in [4.69, 9.17) is 0 Å². The molecule has 14 heavy (non-hydrogen) atoms. The minimum Gasteiger partial charge on any atom is -0.314 e. The number of nitrogens with one attached hydrogen (secondary N) is 1. The molecule has 0 saturated carbocycles. The van der Waals surface area contributed by atoms with E-state index in [-0.39, 0.29) is 0 Å². The summed E-state index contributed by atoms with van der Waals surface area (Å²) in [6.45, 7) is 3.48. The molecule has 1 fully saturated rings. The molecule has 1 aromatic carbocycles. The van der Waals surface area contributed by atoms with E-state index in [1.54, 1.807) is 0 Å². The molecular formula is C13H19N. The van der Waals surface area contributed by atoms with Crippen LogP contribution in [0.5, 0.6) is 0 Å². The van der Waals surface area contributed by atoms with Gasteiger partial charge in [-0.2, -0.15) is 0 Å². The second-order valence-electron chi connectivity index (χ2n) is 4.21. The van der Waals surface area contributed by atoms with Crippen LogP contribution in [0.2, 0.25) is 0 Å². The molecule has 0 bridgehead atoms. The molecule has 1 heteroatoms. The van der Waals surface area contributed by atoms with Crippen LogP contribution in [0.3, 0.4) is 0 Å². The van der Waals surface area contributed by atoms with Crippen molar-refractivity contribution >= 4 is 0 Å². The van der Waals surface area contributed by atoms with Crippen molar-refractivity contribution in [1.29, 1.82) is 0 Å². The summed E-state index contributed by atoms with van der Waals surface area (Å²) >= 11 is 0. The highest BCUT2D eigenvalue weighted by Gasteiger charge is 2.24. The lowest BCUT2D eigenvalue weighted by molar-refractivity contribution is 0.434. The van der Waals surface area contributed by atoms with Gasteiger partial charge in [-0.15, -0.1) is 0 Å². The summed E-state index contributed by atoms with van der Waals surface area (Å²) in [7, 11) is 0. The molecule has 1 saturated heterocycles. The Labute approximate surface area is 86.5 Å². The third-order valence-electron chi connectivity index (χ3n) is 3.27. The highest BCUT2D eigenvalue weighted by Crippen LogP contribution is 2.22. The second-order valence-corrected chi connectivity index (χ2v) is 4.21. The normalized spacial score (nSPS) is 26.6. The van der Waals surface area contributed by atoms with E-state index in [1.165, 1.54) is 31.4 Å². The summed E-state index contributed by atoms with van der Waals surface area (Å²) in [5.41, 5.74) is 1.49. The van der Waals surface area contributed by atoms with Crippen molar-refractivity contribution in [3.63, 3.8) is 0 Å². The molecule has 1 nitrogen and oxygen atoms in total. The molecule has 1 N–H and O–H groups in total. The van der Waals surface area contributed by atoms with Gasteiger partial charge >= 0.3 is 0 Å². The van der Waals surface area contributed by atoms with E-state index < -0.39 is 0 Å². The Bertz CT molecular complexity index is 268. The largest absolute Gasteiger partial charge is 0.314 e. The predicted octanol–water partition coefficient (Wildman–Crippen LogP) is 2.62. The Morgan fingerprint density at radius 3 is 2.79 bits per heavy atom. The van der Waals surface area contributed by atoms with Gasteiger partial charge in [-0.1, -0.05) is 37.3 Å². The molecule has 1 heterocycles. The molecule has 0 amide bonds. The lowest BCUT2D eigenvalue weighted by Gasteiger charge is -2.17. The SMILES string of the molecule is CCC1NCCC1Cc1ccccc1. The van der Waals surface area contributed by atoms with Crippen LogP contribution in [0.1, 0.15) is 25.3 Å². The average molecular weight is 189 g/mol. The van der Waals surface area contributed by atoms with Crippen molar-refractivity contribution < 1.29 is 0 Å².